The predicted octanol–water partition coefficient (Wildman–Crippen LogP) is 4.56. The van der Waals surface area contributed by atoms with Crippen LogP contribution in [0.3, 0.4) is 0 Å². The Balaban J connectivity index is 1.74. The standard InChI is InChI=1S/C20H21NO2/c1-14-12-20(2,3)21-18-10-9-16(11-17(14)18)23-13-19(22)15-7-5-4-6-8-15/h4-12,21H,13H2,1-3H3. The third-order valence-electron chi connectivity index (χ3n) is 3.92. The number of fused-ring (bicyclic) bond motifs is 1. The second-order valence-corrected chi connectivity index (χ2v) is 6.46. The Morgan fingerprint density at radius 3 is 2.61 bits per heavy atom. The van der Waals surface area contributed by atoms with Crippen LogP contribution in [0.4, 0.5) is 5.69 Å². The first-order valence-electron chi connectivity index (χ1n) is 7.78. The molecule has 0 saturated heterocycles. The zero-order valence-corrected chi connectivity index (χ0v) is 13.7. The maximum atomic E-state index is 12.1. The predicted molar refractivity (Wildman–Crippen MR) is 94.1 cm³/mol. The molecule has 23 heavy (non-hydrogen) atoms. The molecule has 0 spiro atoms. The lowest BCUT2D eigenvalue weighted by Crippen LogP contribution is -2.31. The van der Waals surface area contributed by atoms with Gasteiger partial charge in [-0.05, 0) is 44.5 Å². The van der Waals surface area contributed by atoms with Crippen LogP contribution < -0.4 is 10.1 Å². The van der Waals surface area contributed by atoms with Gasteiger partial charge in [0.2, 0.25) is 0 Å². The van der Waals surface area contributed by atoms with Gasteiger partial charge < -0.3 is 10.1 Å². The molecule has 2 aromatic carbocycles. The van der Waals surface area contributed by atoms with Crippen molar-refractivity contribution in [2.75, 3.05) is 11.9 Å². The van der Waals surface area contributed by atoms with E-state index in [0.29, 0.717) is 11.3 Å². The normalized spacial score (nSPS) is 15.2. The molecule has 1 heterocycles. The highest BCUT2D eigenvalue weighted by Crippen LogP contribution is 2.35. The Hall–Kier alpha value is -2.55. The molecule has 3 heteroatoms. The molecule has 0 bridgehead atoms. The lowest BCUT2D eigenvalue weighted by atomic mass is 9.91. The molecular formula is C20H21NO2. The van der Waals surface area contributed by atoms with E-state index in [9.17, 15) is 4.79 Å². The summed E-state index contributed by atoms with van der Waals surface area (Å²) in [6.07, 6.45) is 2.20. The molecule has 0 saturated carbocycles. The van der Waals surface area contributed by atoms with Crippen molar-refractivity contribution in [2.24, 2.45) is 0 Å². The van der Waals surface area contributed by atoms with E-state index in [-0.39, 0.29) is 17.9 Å². The lowest BCUT2D eigenvalue weighted by molar-refractivity contribution is 0.0921. The second kappa shape index (κ2) is 5.92. The molecule has 0 amide bonds. The molecule has 1 N–H and O–H groups in total. The fourth-order valence-electron chi connectivity index (χ4n) is 2.91. The van der Waals surface area contributed by atoms with Crippen molar-refractivity contribution < 1.29 is 9.53 Å². The number of nitrogens with one attached hydrogen (secondary N) is 1. The Morgan fingerprint density at radius 2 is 1.87 bits per heavy atom. The summed E-state index contributed by atoms with van der Waals surface area (Å²) in [5.41, 5.74) is 4.04. The minimum atomic E-state index is -0.0528. The molecule has 0 atom stereocenters. The van der Waals surface area contributed by atoms with Crippen LogP contribution in [0.1, 0.15) is 36.7 Å². The van der Waals surface area contributed by atoms with Gasteiger partial charge in [-0.3, -0.25) is 4.79 Å². The number of rotatable bonds is 4. The van der Waals surface area contributed by atoms with Crippen LogP contribution in [-0.2, 0) is 0 Å². The minimum absolute atomic E-state index is 0.0187. The van der Waals surface area contributed by atoms with Gasteiger partial charge in [-0.25, -0.2) is 0 Å². The van der Waals surface area contributed by atoms with E-state index in [1.807, 2.05) is 36.4 Å². The second-order valence-electron chi connectivity index (χ2n) is 6.46. The topological polar surface area (TPSA) is 38.3 Å². The summed E-state index contributed by atoms with van der Waals surface area (Å²) in [6.45, 7) is 6.43. The van der Waals surface area contributed by atoms with Gasteiger partial charge in [-0.2, -0.15) is 0 Å². The van der Waals surface area contributed by atoms with E-state index < -0.39 is 0 Å². The molecule has 3 rings (SSSR count). The summed E-state index contributed by atoms with van der Waals surface area (Å²) in [6, 6.07) is 15.1. The Labute approximate surface area is 137 Å². The number of ether oxygens (including phenoxy) is 1. The van der Waals surface area contributed by atoms with Gasteiger partial charge in [0.05, 0.1) is 5.54 Å². The number of anilines is 1. The fraction of sp³-hybridized carbons (Fsp3) is 0.250. The number of hydrogen-bond donors (Lipinski definition) is 1. The zero-order valence-electron chi connectivity index (χ0n) is 13.7. The van der Waals surface area contributed by atoms with Crippen molar-refractivity contribution in [1.82, 2.24) is 0 Å². The van der Waals surface area contributed by atoms with Crippen molar-refractivity contribution in [3.63, 3.8) is 0 Å². The molecule has 2 aromatic rings. The quantitative estimate of drug-likeness (QED) is 0.842. The largest absolute Gasteiger partial charge is 0.485 e. The maximum Gasteiger partial charge on any atom is 0.200 e. The molecule has 0 aliphatic carbocycles. The summed E-state index contributed by atoms with van der Waals surface area (Å²) in [4.78, 5) is 12.1. The number of ketones is 1. The summed E-state index contributed by atoms with van der Waals surface area (Å²) >= 11 is 0. The summed E-state index contributed by atoms with van der Waals surface area (Å²) in [7, 11) is 0. The molecule has 118 valence electrons. The third kappa shape index (κ3) is 3.45. The van der Waals surface area contributed by atoms with E-state index >= 15 is 0 Å². The van der Waals surface area contributed by atoms with E-state index in [1.165, 1.54) is 5.57 Å². The molecule has 1 aliphatic heterocycles. The van der Waals surface area contributed by atoms with Crippen LogP contribution in [0.25, 0.3) is 5.57 Å². The van der Waals surface area contributed by atoms with E-state index in [2.05, 4.69) is 32.2 Å². The smallest absolute Gasteiger partial charge is 0.200 e. The van der Waals surface area contributed by atoms with Crippen molar-refractivity contribution in [2.45, 2.75) is 26.3 Å². The van der Waals surface area contributed by atoms with E-state index in [0.717, 1.165) is 11.3 Å². The van der Waals surface area contributed by atoms with Crippen molar-refractivity contribution >= 4 is 17.0 Å². The van der Waals surface area contributed by atoms with Crippen LogP contribution in [0.15, 0.2) is 54.6 Å². The summed E-state index contributed by atoms with van der Waals surface area (Å²) < 4.78 is 5.68. The Kier molecular flexibility index (Phi) is 3.95. The highest BCUT2D eigenvalue weighted by molar-refractivity contribution is 5.97. The van der Waals surface area contributed by atoms with Crippen LogP contribution in [0.5, 0.6) is 5.75 Å². The van der Waals surface area contributed by atoms with Gasteiger partial charge in [-0.15, -0.1) is 0 Å². The van der Waals surface area contributed by atoms with E-state index in [4.69, 9.17) is 4.74 Å². The first kappa shape index (κ1) is 15.3. The van der Waals surface area contributed by atoms with E-state index in [1.54, 1.807) is 12.1 Å². The molecule has 0 unspecified atom stereocenters. The van der Waals surface area contributed by atoms with Crippen LogP contribution >= 0.6 is 0 Å². The summed E-state index contributed by atoms with van der Waals surface area (Å²) in [5, 5.41) is 3.49. The Morgan fingerprint density at radius 1 is 1.13 bits per heavy atom. The van der Waals surface area contributed by atoms with Gasteiger partial charge in [0.1, 0.15) is 5.75 Å². The molecule has 1 aliphatic rings. The highest BCUT2D eigenvalue weighted by atomic mass is 16.5. The van der Waals surface area contributed by atoms with Crippen LogP contribution in [0, 0.1) is 0 Å². The number of carbonyl (C=O) groups is 1. The number of allylic oxidation sites excluding steroid dienone is 1. The molecule has 0 radical (unpaired) electrons. The van der Waals surface area contributed by atoms with Crippen molar-refractivity contribution in [1.29, 1.82) is 0 Å². The van der Waals surface area contributed by atoms with Gasteiger partial charge in [-0.1, -0.05) is 36.4 Å². The molecule has 3 nitrogen and oxygen atoms in total. The van der Waals surface area contributed by atoms with Crippen molar-refractivity contribution in [3.8, 4) is 5.75 Å². The number of hydrogen-bond acceptors (Lipinski definition) is 3. The number of carbonyl (C=O) groups excluding carboxylic acids is 1. The SMILES string of the molecule is CC1=CC(C)(C)Nc2ccc(OCC(=O)c3ccccc3)cc21. The molecule has 0 fully saturated rings. The Bertz CT molecular complexity index is 760. The van der Waals surface area contributed by atoms with Gasteiger partial charge >= 0.3 is 0 Å². The van der Waals surface area contributed by atoms with Crippen LogP contribution in [-0.4, -0.2) is 17.9 Å². The van der Waals surface area contributed by atoms with Gasteiger partial charge in [0.15, 0.2) is 12.4 Å². The van der Waals surface area contributed by atoms with Crippen molar-refractivity contribution in [3.05, 3.63) is 65.7 Å². The highest BCUT2D eigenvalue weighted by Gasteiger charge is 2.22. The average molecular weight is 307 g/mol. The first-order valence-corrected chi connectivity index (χ1v) is 7.78. The lowest BCUT2D eigenvalue weighted by Gasteiger charge is -2.31. The third-order valence-corrected chi connectivity index (χ3v) is 3.92. The maximum absolute atomic E-state index is 12.1. The monoisotopic (exact) mass is 307 g/mol. The summed E-state index contributed by atoms with van der Waals surface area (Å²) in [5.74, 6) is 0.692. The van der Waals surface area contributed by atoms with Gasteiger partial charge in [0.25, 0.3) is 0 Å². The minimum Gasteiger partial charge on any atom is -0.485 e. The average Bonchev–Trinajstić information content (AvgIpc) is 2.52. The molecular weight excluding hydrogens is 286 g/mol. The number of benzene rings is 2. The number of Topliss-reactive ketones (excluding diaryl/α,β-unsaturated/α-hetero) is 1. The first-order chi connectivity index (χ1) is 10.9. The van der Waals surface area contributed by atoms with Crippen LogP contribution in [0.2, 0.25) is 0 Å². The fourth-order valence-corrected chi connectivity index (χ4v) is 2.91. The van der Waals surface area contributed by atoms with Gasteiger partial charge in [0, 0.05) is 16.8 Å². The molecule has 0 aromatic heterocycles. The zero-order chi connectivity index (χ0) is 16.4.